The largest absolute Gasteiger partial charge is 0.335 e. The van der Waals surface area contributed by atoms with Gasteiger partial charge >= 0.3 is 0 Å². The average Bonchev–Trinajstić information content (AvgIpc) is 3.15. The molecule has 1 aliphatic heterocycles. The lowest BCUT2D eigenvalue weighted by molar-refractivity contribution is 0.315. The zero-order chi connectivity index (χ0) is 17.9. The monoisotopic (exact) mass is 368 g/mol. The first kappa shape index (κ1) is 17.2. The molecule has 26 heavy (non-hydrogen) atoms. The number of thiophene rings is 1. The normalized spacial score (nSPS) is 14.5. The molecule has 4 rings (SSSR count). The third kappa shape index (κ3) is 3.78. The summed E-state index contributed by atoms with van der Waals surface area (Å²) in [5, 5.41) is 7.01. The van der Waals surface area contributed by atoms with Crippen LogP contribution in [0.5, 0.6) is 0 Å². The maximum atomic E-state index is 4.84. The Morgan fingerprint density at radius 2 is 2.04 bits per heavy atom. The predicted octanol–water partition coefficient (Wildman–Crippen LogP) is 3.09. The second-order valence-corrected chi connectivity index (χ2v) is 7.87. The van der Waals surface area contributed by atoms with E-state index in [9.17, 15) is 0 Å². The van der Waals surface area contributed by atoms with Crippen LogP contribution in [-0.4, -0.2) is 38.2 Å². The van der Waals surface area contributed by atoms with Gasteiger partial charge in [0.15, 0.2) is 0 Å². The molecule has 0 N–H and O–H groups in total. The zero-order valence-corrected chi connectivity index (χ0v) is 16.1. The van der Waals surface area contributed by atoms with Crippen molar-refractivity contribution in [1.82, 2.24) is 24.6 Å². The maximum absolute atomic E-state index is 4.84. The standard InChI is InChI=1S/C19H24N6S/c1-15-5-10-26-18(15)14-23(2)12-16-11-17-13-24(8-4-9-25(17)22-16)19-20-6-3-7-21-19/h3,5-7,10-11H,4,8-9,12-14H2,1-2H3. The van der Waals surface area contributed by atoms with Gasteiger partial charge in [-0.25, -0.2) is 9.97 Å². The van der Waals surface area contributed by atoms with Gasteiger partial charge in [-0.3, -0.25) is 9.58 Å². The number of rotatable bonds is 5. The Labute approximate surface area is 158 Å². The molecule has 1 aliphatic rings. The summed E-state index contributed by atoms with van der Waals surface area (Å²) in [7, 11) is 2.16. The van der Waals surface area contributed by atoms with Crippen molar-refractivity contribution in [2.45, 2.75) is 39.5 Å². The van der Waals surface area contributed by atoms with E-state index < -0.39 is 0 Å². The molecule has 0 amide bonds. The summed E-state index contributed by atoms with van der Waals surface area (Å²) in [5.41, 5.74) is 3.75. The second-order valence-electron chi connectivity index (χ2n) is 6.87. The van der Waals surface area contributed by atoms with Crippen molar-refractivity contribution in [3.05, 3.63) is 57.8 Å². The minimum Gasteiger partial charge on any atom is -0.335 e. The summed E-state index contributed by atoms with van der Waals surface area (Å²) in [5.74, 6) is 0.800. The highest BCUT2D eigenvalue weighted by atomic mass is 32.1. The fourth-order valence-electron chi connectivity index (χ4n) is 3.37. The Hall–Kier alpha value is -2.25. The molecule has 0 atom stereocenters. The van der Waals surface area contributed by atoms with Crippen molar-refractivity contribution in [1.29, 1.82) is 0 Å². The minimum atomic E-state index is 0.800. The van der Waals surface area contributed by atoms with Crippen LogP contribution >= 0.6 is 11.3 Å². The van der Waals surface area contributed by atoms with Crippen molar-refractivity contribution in [3.8, 4) is 0 Å². The van der Waals surface area contributed by atoms with Crippen LogP contribution in [0.3, 0.4) is 0 Å². The summed E-state index contributed by atoms with van der Waals surface area (Å²) in [4.78, 5) is 14.8. The molecule has 6 nitrogen and oxygen atoms in total. The van der Waals surface area contributed by atoms with Crippen LogP contribution in [0, 0.1) is 6.92 Å². The van der Waals surface area contributed by atoms with Gasteiger partial charge < -0.3 is 4.90 Å². The molecule has 136 valence electrons. The minimum absolute atomic E-state index is 0.800. The van der Waals surface area contributed by atoms with Gasteiger partial charge in [0, 0.05) is 43.4 Å². The van der Waals surface area contributed by atoms with Gasteiger partial charge in [0.25, 0.3) is 0 Å². The van der Waals surface area contributed by atoms with Gasteiger partial charge in [-0.2, -0.15) is 5.10 Å². The number of nitrogens with zero attached hydrogens (tertiary/aromatic N) is 6. The van der Waals surface area contributed by atoms with E-state index in [1.54, 1.807) is 12.4 Å². The molecule has 0 saturated carbocycles. The van der Waals surface area contributed by atoms with E-state index in [1.807, 2.05) is 17.4 Å². The molecular formula is C19H24N6S. The smallest absolute Gasteiger partial charge is 0.225 e. The number of hydrogen-bond acceptors (Lipinski definition) is 6. The molecule has 0 saturated heterocycles. The molecule has 7 heteroatoms. The van der Waals surface area contributed by atoms with E-state index in [0.29, 0.717) is 0 Å². The van der Waals surface area contributed by atoms with Gasteiger partial charge in [0.1, 0.15) is 0 Å². The van der Waals surface area contributed by atoms with Crippen molar-refractivity contribution < 1.29 is 0 Å². The Morgan fingerprint density at radius 3 is 2.81 bits per heavy atom. The maximum Gasteiger partial charge on any atom is 0.225 e. The number of anilines is 1. The first-order chi connectivity index (χ1) is 12.7. The summed E-state index contributed by atoms with van der Waals surface area (Å²) in [6.07, 6.45) is 4.66. The SMILES string of the molecule is Cc1ccsc1CN(C)Cc1cc2n(n1)CCCN(c1ncccn1)C2. The van der Waals surface area contributed by atoms with Gasteiger partial charge in [-0.05, 0) is 49.5 Å². The zero-order valence-electron chi connectivity index (χ0n) is 15.3. The molecule has 3 aromatic rings. The quantitative estimate of drug-likeness (QED) is 0.693. The topological polar surface area (TPSA) is 50.1 Å². The number of fused-ring (bicyclic) bond motifs is 1. The molecule has 0 aromatic carbocycles. The van der Waals surface area contributed by atoms with Crippen LogP contribution in [0.4, 0.5) is 5.95 Å². The van der Waals surface area contributed by atoms with Crippen molar-refractivity contribution in [2.24, 2.45) is 0 Å². The Bertz CT molecular complexity index is 856. The first-order valence-electron chi connectivity index (χ1n) is 8.98. The molecular weight excluding hydrogens is 344 g/mol. The van der Waals surface area contributed by atoms with Crippen molar-refractivity contribution in [2.75, 3.05) is 18.5 Å². The summed E-state index contributed by atoms with van der Waals surface area (Å²) in [6, 6.07) is 6.28. The van der Waals surface area contributed by atoms with Gasteiger partial charge in [0.05, 0.1) is 17.9 Å². The summed E-state index contributed by atoms with van der Waals surface area (Å²) < 4.78 is 2.16. The van der Waals surface area contributed by atoms with Crippen LogP contribution in [0.25, 0.3) is 0 Å². The Balaban J connectivity index is 1.45. The van der Waals surface area contributed by atoms with Crippen LogP contribution < -0.4 is 4.90 Å². The average molecular weight is 369 g/mol. The number of aryl methyl sites for hydroxylation is 2. The molecule has 0 bridgehead atoms. The van der Waals surface area contributed by atoms with Crippen LogP contribution in [0.1, 0.15) is 28.2 Å². The van der Waals surface area contributed by atoms with E-state index in [4.69, 9.17) is 5.10 Å². The highest BCUT2D eigenvalue weighted by molar-refractivity contribution is 7.10. The lowest BCUT2D eigenvalue weighted by Crippen LogP contribution is -2.24. The highest BCUT2D eigenvalue weighted by Crippen LogP contribution is 2.20. The Morgan fingerprint density at radius 1 is 1.19 bits per heavy atom. The lowest BCUT2D eigenvalue weighted by Gasteiger charge is -2.19. The van der Waals surface area contributed by atoms with E-state index in [-0.39, 0.29) is 0 Å². The molecule has 4 heterocycles. The van der Waals surface area contributed by atoms with Crippen LogP contribution in [-0.2, 0) is 26.2 Å². The molecule has 0 unspecified atom stereocenters. The molecule has 0 fully saturated rings. The Kier molecular flexibility index (Phi) is 4.99. The lowest BCUT2D eigenvalue weighted by atomic mass is 10.2. The third-order valence-electron chi connectivity index (χ3n) is 4.71. The van der Waals surface area contributed by atoms with E-state index in [2.05, 4.69) is 55.9 Å². The summed E-state index contributed by atoms with van der Waals surface area (Å²) >= 11 is 1.83. The van der Waals surface area contributed by atoms with Crippen LogP contribution in [0.2, 0.25) is 0 Å². The third-order valence-corrected chi connectivity index (χ3v) is 5.72. The second kappa shape index (κ2) is 7.55. The molecule has 0 aliphatic carbocycles. The number of hydrogen-bond donors (Lipinski definition) is 0. The highest BCUT2D eigenvalue weighted by Gasteiger charge is 2.19. The first-order valence-corrected chi connectivity index (χ1v) is 9.86. The fourth-order valence-corrected chi connectivity index (χ4v) is 4.35. The van der Waals surface area contributed by atoms with Gasteiger partial charge in [0.2, 0.25) is 5.95 Å². The molecule has 0 radical (unpaired) electrons. The molecule has 0 spiro atoms. The van der Waals surface area contributed by atoms with Crippen LogP contribution in [0.15, 0.2) is 36.0 Å². The van der Waals surface area contributed by atoms with Gasteiger partial charge in [-0.15, -0.1) is 11.3 Å². The number of aromatic nitrogens is 4. The van der Waals surface area contributed by atoms with Crippen molar-refractivity contribution in [3.63, 3.8) is 0 Å². The van der Waals surface area contributed by atoms with Crippen molar-refractivity contribution >= 4 is 17.3 Å². The predicted molar refractivity (Wildman–Crippen MR) is 104 cm³/mol. The fraction of sp³-hybridized carbons (Fsp3) is 0.421. The van der Waals surface area contributed by atoms with E-state index in [1.165, 1.54) is 16.1 Å². The summed E-state index contributed by atoms with van der Waals surface area (Å²) in [6.45, 7) is 6.73. The van der Waals surface area contributed by atoms with E-state index >= 15 is 0 Å². The van der Waals surface area contributed by atoms with E-state index in [0.717, 1.165) is 50.8 Å². The van der Waals surface area contributed by atoms with Gasteiger partial charge in [-0.1, -0.05) is 0 Å². The molecule has 3 aromatic heterocycles.